The second kappa shape index (κ2) is 3.05. The number of nitrogens with one attached hydrogen (secondary N) is 1. The van der Waals surface area contributed by atoms with E-state index in [0.29, 0.717) is 6.61 Å². The molecular weight excluding hydrogens is 148 g/mol. The molecule has 0 spiro atoms. The highest BCUT2D eigenvalue weighted by Gasteiger charge is 2.13. The van der Waals surface area contributed by atoms with Gasteiger partial charge in [-0.1, -0.05) is 0 Å². The first-order chi connectivity index (χ1) is 5.25. The van der Waals surface area contributed by atoms with Gasteiger partial charge < -0.3 is 14.9 Å². The molecule has 5 heteroatoms. The first-order valence-corrected chi connectivity index (χ1v) is 3.20. The minimum Gasteiger partial charge on any atom is -0.486 e. The smallest absolute Gasteiger partial charge is 0.363 e. The minimum absolute atomic E-state index is 0.0909. The van der Waals surface area contributed by atoms with Crippen molar-refractivity contribution in [3.63, 3.8) is 0 Å². The molecule has 1 aromatic rings. The first kappa shape index (κ1) is 7.59. The molecule has 5 nitrogen and oxygen atoms in total. The third kappa shape index (κ3) is 1.49. The number of hydrogen-bond acceptors (Lipinski definition) is 3. The van der Waals surface area contributed by atoms with Crippen LogP contribution in [0.25, 0.3) is 0 Å². The second-order valence-electron chi connectivity index (χ2n) is 1.88. The van der Waals surface area contributed by atoms with Crippen LogP contribution in [0.15, 0.2) is 12.3 Å². The number of hydrogen-bond donors (Lipinski definition) is 1. The predicted molar refractivity (Wildman–Crippen MR) is 38.6 cm³/mol. The summed E-state index contributed by atoms with van der Waals surface area (Å²) in [6.07, 6.45) is 1.48. The zero-order chi connectivity index (χ0) is 8.27. The lowest BCUT2D eigenvalue weighted by atomic mass is 10.5. The number of rotatable bonds is 3. The Bertz CT molecular complexity index is 256. The maximum atomic E-state index is 10.3. The Morgan fingerprint density at radius 2 is 2.55 bits per heavy atom. The highest BCUT2D eigenvalue weighted by molar-refractivity contribution is 5.39. The molecule has 0 saturated carbocycles. The summed E-state index contributed by atoms with van der Waals surface area (Å²) in [6, 6.07) is 1.53. The highest BCUT2D eigenvalue weighted by Crippen LogP contribution is 2.23. The molecule has 1 N–H and O–H groups in total. The van der Waals surface area contributed by atoms with E-state index >= 15 is 0 Å². The average molecular weight is 156 g/mol. The van der Waals surface area contributed by atoms with Crippen molar-refractivity contribution in [3.05, 3.63) is 22.4 Å². The number of nitro groups is 1. The predicted octanol–water partition coefficient (Wildman–Crippen LogP) is 1.32. The van der Waals surface area contributed by atoms with E-state index in [9.17, 15) is 10.1 Å². The van der Waals surface area contributed by atoms with Gasteiger partial charge in [-0.2, -0.15) is 0 Å². The summed E-state index contributed by atoms with van der Waals surface area (Å²) in [5.74, 6) is 0.198. The normalized spacial score (nSPS) is 9.55. The number of aromatic amines is 1. The molecule has 60 valence electrons. The zero-order valence-corrected chi connectivity index (χ0v) is 6.03. The molecule has 0 aromatic carbocycles. The SMILES string of the molecule is CCOc1cc[nH]c1[N+](=O)[O-]. The standard InChI is InChI=1S/C6H8N2O3/c1-2-11-5-3-4-7-6(5)8(9)10/h3-4,7H,2H2,1H3. The lowest BCUT2D eigenvalue weighted by molar-refractivity contribution is -0.390. The quantitative estimate of drug-likeness (QED) is 0.530. The summed E-state index contributed by atoms with van der Waals surface area (Å²) < 4.78 is 4.97. The Labute approximate surface area is 63.1 Å². The van der Waals surface area contributed by atoms with Gasteiger partial charge >= 0.3 is 5.82 Å². The van der Waals surface area contributed by atoms with Crippen LogP contribution in [0, 0.1) is 10.1 Å². The van der Waals surface area contributed by atoms with E-state index in [4.69, 9.17) is 4.74 Å². The van der Waals surface area contributed by atoms with Crippen molar-refractivity contribution in [2.24, 2.45) is 0 Å². The molecular formula is C6H8N2O3. The molecule has 0 saturated heterocycles. The van der Waals surface area contributed by atoms with Crippen LogP contribution in [0.2, 0.25) is 0 Å². The molecule has 0 aliphatic heterocycles. The van der Waals surface area contributed by atoms with Crippen LogP contribution in [0.5, 0.6) is 5.75 Å². The minimum atomic E-state index is -0.509. The van der Waals surface area contributed by atoms with Crippen LogP contribution in [-0.4, -0.2) is 16.5 Å². The lowest BCUT2D eigenvalue weighted by Crippen LogP contribution is -1.95. The van der Waals surface area contributed by atoms with Crippen LogP contribution >= 0.6 is 0 Å². The molecule has 0 aliphatic rings. The molecule has 1 heterocycles. The Balaban J connectivity index is 2.87. The van der Waals surface area contributed by atoms with Crippen LogP contribution in [-0.2, 0) is 0 Å². The van der Waals surface area contributed by atoms with E-state index in [2.05, 4.69) is 4.98 Å². The van der Waals surface area contributed by atoms with Crippen molar-refractivity contribution in [1.82, 2.24) is 4.98 Å². The summed E-state index contributed by atoms with van der Waals surface area (Å²) in [6.45, 7) is 2.20. The van der Waals surface area contributed by atoms with Crippen molar-refractivity contribution < 1.29 is 9.66 Å². The van der Waals surface area contributed by atoms with Crippen molar-refractivity contribution in [3.8, 4) is 5.75 Å². The Morgan fingerprint density at radius 1 is 1.82 bits per heavy atom. The molecule has 0 unspecified atom stereocenters. The fourth-order valence-corrected chi connectivity index (χ4v) is 0.761. The maximum absolute atomic E-state index is 10.3. The van der Waals surface area contributed by atoms with E-state index < -0.39 is 4.92 Å². The van der Waals surface area contributed by atoms with E-state index in [1.54, 1.807) is 6.92 Å². The fourth-order valence-electron chi connectivity index (χ4n) is 0.761. The number of H-pyrrole nitrogens is 1. The summed E-state index contributed by atoms with van der Waals surface area (Å²) >= 11 is 0. The summed E-state index contributed by atoms with van der Waals surface area (Å²) in [5, 5.41) is 10.3. The van der Waals surface area contributed by atoms with Gasteiger partial charge in [-0.25, -0.2) is 4.98 Å². The monoisotopic (exact) mass is 156 g/mol. The first-order valence-electron chi connectivity index (χ1n) is 3.20. The van der Waals surface area contributed by atoms with Crippen molar-refractivity contribution >= 4 is 5.82 Å². The third-order valence-corrected chi connectivity index (χ3v) is 1.17. The summed E-state index contributed by atoms with van der Waals surface area (Å²) in [5.41, 5.74) is 0. The van der Waals surface area contributed by atoms with Crippen molar-refractivity contribution in [1.29, 1.82) is 0 Å². The van der Waals surface area contributed by atoms with Gasteiger partial charge in [0.05, 0.1) is 12.8 Å². The van der Waals surface area contributed by atoms with Crippen LogP contribution in [0.3, 0.4) is 0 Å². The lowest BCUT2D eigenvalue weighted by Gasteiger charge is -1.98. The highest BCUT2D eigenvalue weighted by atomic mass is 16.6. The Hall–Kier alpha value is -1.52. The number of ether oxygens (including phenoxy) is 1. The van der Waals surface area contributed by atoms with Crippen LogP contribution < -0.4 is 4.74 Å². The van der Waals surface area contributed by atoms with Crippen molar-refractivity contribution in [2.45, 2.75) is 6.92 Å². The molecule has 0 radical (unpaired) electrons. The molecule has 0 amide bonds. The molecule has 1 rings (SSSR count). The second-order valence-corrected chi connectivity index (χ2v) is 1.88. The average Bonchev–Trinajstić information content (AvgIpc) is 2.36. The van der Waals surface area contributed by atoms with Gasteiger partial charge in [-0.15, -0.1) is 0 Å². The Kier molecular flexibility index (Phi) is 2.10. The fraction of sp³-hybridized carbons (Fsp3) is 0.333. The van der Waals surface area contributed by atoms with Gasteiger partial charge in [0, 0.05) is 6.07 Å². The molecule has 0 aliphatic carbocycles. The maximum Gasteiger partial charge on any atom is 0.363 e. The van der Waals surface area contributed by atoms with Crippen molar-refractivity contribution in [2.75, 3.05) is 6.61 Å². The van der Waals surface area contributed by atoms with Crippen LogP contribution in [0.1, 0.15) is 6.92 Å². The van der Waals surface area contributed by atoms with Crippen LogP contribution in [0.4, 0.5) is 5.82 Å². The van der Waals surface area contributed by atoms with Gasteiger partial charge in [0.2, 0.25) is 5.75 Å². The summed E-state index contributed by atoms with van der Waals surface area (Å²) in [4.78, 5) is 12.2. The van der Waals surface area contributed by atoms with E-state index in [0.717, 1.165) is 0 Å². The zero-order valence-electron chi connectivity index (χ0n) is 6.03. The molecule has 0 bridgehead atoms. The molecule has 0 atom stereocenters. The van der Waals surface area contributed by atoms with Gasteiger partial charge in [0.15, 0.2) is 0 Å². The van der Waals surface area contributed by atoms with Gasteiger partial charge in [0.1, 0.15) is 0 Å². The van der Waals surface area contributed by atoms with Gasteiger partial charge in [-0.3, -0.25) is 0 Å². The Morgan fingerprint density at radius 3 is 3.09 bits per heavy atom. The molecule has 1 aromatic heterocycles. The molecule has 11 heavy (non-hydrogen) atoms. The van der Waals surface area contributed by atoms with Gasteiger partial charge in [0.25, 0.3) is 0 Å². The molecule has 0 fully saturated rings. The number of nitrogens with zero attached hydrogens (tertiary/aromatic N) is 1. The topological polar surface area (TPSA) is 68.2 Å². The number of aromatic nitrogens is 1. The van der Waals surface area contributed by atoms with Gasteiger partial charge in [-0.05, 0) is 11.8 Å². The van der Waals surface area contributed by atoms with E-state index in [1.807, 2.05) is 0 Å². The summed E-state index contributed by atoms with van der Waals surface area (Å²) in [7, 11) is 0. The van der Waals surface area contributed by atoms with E-state index in [-0.39, 0.29) is 11.6 Å². The third-order valence-electron chi connectivity index (χ3n) is 1.17. The van der Waals surface area contributed by atoms with E-state index in [1.165, 1.54) is 12.3 Å². The largest absolute Gasteiger partial charge is 0.486 e.